The van der Waals surface area contributed by atoms with Gasteiger partial charge in [0.1, 0.15) is 34.9 Å². The number of nitrogens with zero attached hydrogens (tertiary/aromatic N) is 6. The molecule has 0 saturated heterocycles. The highest BCUT2D eigenvalue weighted by atomic mass is 16.5. The number of imidazole rings is 1. The largest absolute Gasteiger partial charge is 0.358 e. The molecule has 0 unspecified atom stereocenters. The Morgan fingerprint density at radius 3 is 2.82 bits per heavy atom. The summed E-state index contributed by atoms with van der Waals surface area (Å²) in [6.45, 7) is 7.87. The van der Waals surface area contributed by atoms with Gasteiger partial charge < -0.3 is 20.1 Å². The van der Waals surface area contributed by atoms with E-state index in [0.717, 1.165) is 0 Å². The fourth-order valence-corrected chi connectivity index (χ4v) is 3.45. The lowest BCUT2D eigenvalue weighted by molar-refractivity contribution is -0.115. The van der Waals surface area contributed by atoms with Crippen LogP contribution in [0.1, 0.15) is 61.4 Å². The van der Waals surface area contributed by atoms with Crippen molar-refractivity contribution in [2.75, 3.05) is 5.32 Å². The molecule has 0 aliphatic carbocycles. The first-order chi connectivity index (χ1) is 15.7. The van der Waals surface area contributed by atoms with Gasteiger partial charge in [-0.2, -0.15) is 0 Å². The van der Waals surface area contributed by atoms with Crippen LogP contribution in [-0.4, -0.2) is 46.9 Å². The zero-order chi connectivity index (χ0) is 23.3. The van der Waals surface area contributed by atoms with Crippen molar-refractivity contribution < 1.29 is 14.1 Å². The van der Waals surface area contributed by atoms with Crippen molar-refractivity contribution in [2.45, 2.75) is 45.6 Å². The third-order valence-corrected chi connectivity index (χ3v) is 5.21. The number of rotatable bonds is 4. The first-order valence-corrected chi connectivity index (χ1v) is 10.3. The maximum absolute atomic E-state index is 12.8. The van der Waals surface area contributed by atoms with Gasteiger partial charge >= 0.3 is 0 Å². The van der Waals surface area contributed by atoms with E-state index in [1.165, 1.54) is 6.33 Å². The van der Waals surface area contributed by atoms with Crippen LogP contribution in [0.2, 0.25) is 0 Å². The quantitative estimate of drug-likeness (QED) is 0.425. The fourth-order valence-electron chi connectivity index (χ4n) is 3.45. The molecule has 0 radical (unpaired) electrons. The molecule has 168 valence electrons. The maximum Gasteiger partial charge on any atom is 0.270 e. The number of carbonyl (C=O) groups is 2. The van der Waals surface area contributed by atoms with Crippen LogP contribution in [0, 0.1) is 0 Å². The summed E-state index contributed by atoms with van der Waals surface area (Å²) in [6.07, 6.45) is 2.98. The van der Waals surface area contributed by atoms with Crippen molar-refractivity contribution in [3.05, 3.63) is 41.4 Å². The average molecular weight is 447 g/mol. The number of H-pyrrole nitrogens is 1. The molecule has 12 heteroatoms. The maximum atomic E-state index is 12.8. The monoisotopic (exact) mass is 447 g/mol. The van der Waals surface area contributed by atoms with Gasteiger partial charge in [-0.1, -0.05) is 25.9 Å². The third kappa shape index (κ3) is 3.79. The van der Waals surface area contributed by atoms with Crippen molar-refractivity contribution in [3.63, 3.8) is 0 Å². The van der Waals surface area contributed by atoms with E-state index >= 15 is 0 Å². The van der Waals surface area contributed by atoms with Gasteiger partial charge in [0.2, 0.25) is 5.91 Å². The lowest BCUT2D eigenvalue weighted by Gasteiger charge is -2.15. The molecule has 0 bridgehead atoms. The van der Waals surface area contributed by atoms with Gasteiger partial charge in [-0.05, 0) is 6.92 Å². The van der Waals surface area contributed by atoms with E-state index < -0.39 is 11.9 Å². The first-order valence-electron chi connectivity index (χ1n) is 10.3. The van der Waals surface area contributed by atoms with Crippen LogP contribution >= 0.6 is 0 Å². The Hall–Kier alpha value is -4.22. The minimum atomic E-state index is -0.508. The van der Waals surface area contributed by atoms with Crippen molar-refractivity contribution in [2.24, 2.45) is 0 Å². The molecule has 5 rings (SSSR count). The summed E-state index contributed by atoms with van der Waals surface area (Å²) < 4.78 is 5.44. The zero-order valence-electron chi connectivity index (χ0n) is 18.4. The molecule has 4 aromatic rings. The topological polar surface area (TPSA) is 164 Å². The Balaban J connectivity index is 1.35. The molecule has 0 fully saturated rings. The van der Waals surface area contributed by atoms with E-state index in [0.29, 0.717) is 45.6 Å². The summed E-state index contributed by atoms with van der Waals surface area (Å²) in [5.74, 6) is 1.31. The summed E-state index contributed by atoms with van der Waals surface area (Å²) in [7, 11) is 0. The number of nitrogens with one attached hydrogen (secondary N) is 3. The number of carbonyl (C=O) groups excluding carboxylic acids is 2. The van der Waals surface area contributed by atoms with Crippen molar-refractivity contribution in [3.8, 4) is 11.5 Å². The van der Waals surface area contributed by atoms with Crippen LogP contribution in [0.4, 0.5) is 5.82 Å². The average Bonchev–Trinajstić information content (AvgIpc) is 3.48. The van der Waals surface area contributed by atoms with Crippen LogP contribution in [0.25, 0.3) is 22.7 Å². The number of hydrogen-bond donors (Lipinski definition) is 3. The minimum Gasteiger partial charge on any atom is -0.358 e. The number of aromatic nitrogens is 7. The first kappa shape index (κ1) is 20.7. The van der Waals surface area contributed by atoms with Crippen molar-refractivity contribution in [1.82, 2.24) is 40.4 Å². The van der Waals surface area contributed by atoms with Gasteiger partial charge in [-0.15, -0.1) is 0 Å². The molecule has 2 amide bonds. The molecular weight excluding hydrogens is 426 g/mol. The number of anilines is 1. The summed E-state index contributed by atoms with van der Waals surface area (Å²) >= 11 is 0. The normalized spacial score (nSPS) is 14.2. The highest BCUT2D eigenvalue weighted by Crippen LogP contribution is 2.26. The summed E-state index contributed by atoms with van der Waals surface area (Å²) in [5.41, 5.74) is 2.13. The summed E-state index contributed by atoms with van der Waals surface area (Å²) in [5, 5.41) is 9.49. The van der Waals surface area contributed by atoms with Gasteiger partial charge in [0, 0.05) is 17.0 Å². The van der Waals surface area contributed by atoms with E-state index in [1.54, 1.807) is 19.2 Å². The van der Waals surface area contributed by atoms with E-state index in [4.69, 9.17) is 4.52 Å². The Morgan fingerprint density at radius 2 is 2.03 bits per heavy atom. The van der Waals surface area contributed by atoms with E-state index in [-0.39, 0.29) is 23.4 Å². The molecule has 1 aliphatic rings. The Morgan fingerprint density at radius 1 is 1.21 bits per heavy atom. The molecule has 1 aliphatic heterocycles. The Labute approximate surface area is 187 Å². The highest BCUT2D eigenvalue weighted by molar-refractivity contribution is 6.03. The Bertz CT molecular complexity index is 1400. The Kier molecular flexibility index (Phi) is 4.65. The van der Waals surface area contributed by atoms with Gasteiger partial charge in [0.05, 0.1) is 18.7 Å². The minimum absolute atomic E-state index is 0.0611. The zero-order valence-corrected chi connectivity index (χ0v) is 18.4. The predicted molar refractivity (Wildman–Crippen MR) is 116 cm³/mol. The number of amides is 2. The van der Waals surface area contributed by atoms with Crippen LogP contribution in [-0.2, 0) is 16.6 Å². The van der Waals surface area contributed by atoms with Crippen LogP contribution in [0.3, 0.4) is 0 Å². The van der Waals surface area contributed by atoms with Gasteiger partial charge in [-0.3, -0.25) is 9.59 Å². The van der Waals surface area contributed by atoms with Crippen LogP contribution in [0.5, 0.6) is 0 Å². The molecule has 5 heterocycles. The van der Waals surface area contributed by atoms with Gasteiger partial charge in [0.25, 0.3) is 5.91 Å². The highest BCUT2D eigenvalue weighted by Gasteiger charge is 2.27. The third-order valence-electron chi connectivity index (χ3n) is 5.21. The summed E-state index contributed by atoms with van der Waals surface area (Å²) in [4.78, 5) is 49.0. The molecule has 12 nitrogen and oxygen atoms in total. The SMILES string of the molecule is C[C@@H](NC(=O)c1ncnc2c1CC(=O)N2)c1cc(-c2nc3cnc(C(C)(C)C)nc3[nH]2)no1. The molecule has 0 spiro atoms. The predicted octanol–water partition coefficient (Wildman–Crippen LogP) is 2.08. The standard InChI is InChI=1S/C21H21N9O3/c1-9(25-19(32)15-10-5-14(31)27-16(10)24-8-23-15)13-6-11(30-33-13)17-26-12-7-22-20(21(2,3)4)29-18(12)28-17/h6-9H,5H2,1-4H3,(H,25,32)(H,22,26,28,29)(H,23,24,27,31)/t9-/m1/s1. The van der Waals surface area contributed by atoms with Gasteiger partial charge in [-0.25, -0.2) is 24.9 Å². The molecule has 0 saturated carbocycles. The second-order valence-electron chi connectivity index (χ2n) is 8.85. The molecular formula is C21H21N9O3. The molecule has 33 heavy (non-hydrogen) atoms. The lowest BCUT2D eigenvalue weighted by Crippen LogP contribution is -2.28. The molecule has 1 atom stereocenters. The lowest BCUT2D eigenvalue weighted by atomic mass is 9.96. The molecule has 4 aromatic heterocycles. The number of fused-ring (bicyclic) bond motifs is 2. The second kappa shape index (κ2) is 7.43. The van der Waals surface area contributed by atoms with Gasteiger partial charge in [0.15, 0.2) is 17.2 Å². The van der Waals surface area contributed by atoms with Crippen molar-refractivity contribution in [1.29, 1.82) is 0 Å². The van der Waals surface area contributed by atoms with Crippen molar-refractivity contribution >= 4 is 28.8 Å². The smallest absolute Gasteiger partial charge is 0.270 e. The second-order valence-corrected chi connectivity index (χ2v) is 8.85. The molecule has 0 aromatic carbocycles. The van der Waals surface area contributed by atoms with E-state index in [1.807, 2.05) is 20.8 Å². The van der Waals surface area contributed by atoms with Crippen LogP contribution < -0.4 is 10.6 Å². The summed E-state index contributed by atoms with van der Waals surface area (Å²) in [6, 6.07) is 1.18. The van der Waals surface area contributed by atoms with E-state index in [2.05, 4.69) is 45.7 Å². The number of hydrogen-bond acceptors (Lipinski definition) is 9. The van der Waals surface area contributed by atoms with E-state index in [9.17, 15) is 9.59 Å². The number of aromatic amines is 1. The van der Waals surface area contributed by atoms with Crippen LogP contribution in [0.15, 0.2) is 23.1 Å². The molecule has 3 N–H and O–H groups in total. The fraction of sp³-hybridized carbons (Fsp3) is 0.333.